The minimum Gasteiger partial charge on any atom is -0.228 e. The van der Waals surface area contributed by atoms with Gasteiger partial charge in [-0.05, 0) is 40.5 Å². The summed E-state index contributed by atoms with van der Waals surface area (Å²) in [5.74, 6) is 2.65. The SMILES string of the molecule is c1ccc(-c2cc(-c3ccccc3)nc(-c3ccc(-c4cccc5c4sc4ccc(-c6ccc(-c7nc(-c8ccccc8)nc(-c8ccccc8)n7)cc6)cc45)cc3)n2)cc1. The fourth-order valence-corrected chi connectivity index (χ4v) is 9.06. The quantitative estimate of drug-likeness (QED) is 0.153. The molecule has 0 unspecified atom stereocenters. The number of aromatic nitrogens is 5. The number of rotatable bonds is 8. The fourth-order valence-electron chi connectivity index (χ4n) is 7.84. The Balaban J connectivity index is 0.911. The van der Waals surface area contributed by atoms with Gasteiger partial charge in [0.2, 0.25) is 0 Å². The number of nitrogens with zero attached hydrogens (tertiary/aromatic N) is 5. The van der Waals surface area contributed by atoms with Gasteiger partial charge in [-0.2, -0.15) is 0 Å². The summed E-state index contributed by atoms with van der Waals surface area (Å²) < 4.78 is 2.52. The summed E-state index contributed by atoms with van der Waals surface area (Å²) in [5, 5.41) is 2.50. The lowest BCUT2D eigenvalue weighted by molar-refractivity contribution is 1.07. The van der Waals surface area contributed by atoms with Gasteiger partial charge in [0.1, 0.15) is 0 Å². The highest BCUT2D eigenvalue weighted by Crippen LogP contribution is 2.42. The highest BCUT2D eigenvalue weighted by Gasteiger charge is 2.16. The van der Waals surface area contributed by atoms with Crippen LogP contribution >= 0.6 is 11.3 Å². The van der Waals surface area contributed by atoms with Gasteiger partial charge in [-0.25, -0.2) is 24.9 Å². The van der Waals surface area contributed by atoms with Crippen molar-refractivity contribution in [3.8, 4) is 90.3 Å². The van der Waals surface area contributed by atoms with Gasteiger partial charge in [0.05, 0.1) is 11.4 Å². The van der Waals surface area contributed by atoms with E-state index in [2.05, 4.69) is 115 Å². The molecule has 0 fully saturated rings. The van der Waals surface area contributed by atoms with Gasteiger partial charge >= 0.3 is 0 Å². The van der Waals surface area contributed by atoms with Crippen molar-refractivity contribution >= 4 is 31.5 Å². The molecular weight excluding hydrogens is 763 g/mol. The molecule has 3 heterocycles. The second kappa shape index (κ2) is 15.7. The van der Waals surface area contributed by atoms with Gasteiger partial charge in [0, 0.05) is 53.6 Å². The van der Waals surface area contributed by atoms with Crippen LogP contribution in [0.2, 0.25) is 0 Å². The van der Waals surface area contributed by atoms with Crippen LogP contribution < -0.4 is 0 Å². The molecule has 8 aromatic carbocycles. The summed E-state index contributed by atoms with van der Waals surface area (Å²) in [6.45, 7) is 0. The van der Waals surface area contributed by atoms with E-state index in [0.717, 1.165) is 61.5 Å². The monoisotopic (exact) mass is 797 g/mol. The molecule has 61 heavy (non-hydrogen) atoms. The van der Waals surface area contributed by atoms with E-state index in [-0.39, 0.29) is 0 Å². The van der Waals surface area contributed by atoms with Crippen LogP contribution in [0.5, 0.6) is 0 Å². The molecule has 5 nitrogen and oxygen atoms in total. The topological polar surface area (TPSA) is 64.5 Å². The molecule has 11 aromatic rings. The minimum absolute atomic E-state index is 0.643. The van der Waals surface area contributed by atoms with Crippen molar-refractivity contribution in [2.24, 2.45) is 0 Å². The van der Waals surface area contributed by atoms with Crippen LogP contribution in [0.25, 0.3) is 110 Å². The van der Waals surface area contributed by atoms with Crippen LogP contribution in [0, 0.1) is 0 Å². The van der Waals surface area contributed by atoms with Crippen molar-refractivity contribution in [2.45, 2.75) is 0 Å². The number of thiophene rings is 1. The first-order valence-electron chi connectivity index (χ1n) is 20.2. The summed E-state index contributed by atoms with van der Waals surface area (Å²) >= 11 is 1.84. The van der Waals surface area contributed by atoms with Crippen LogP contribution in [-0.4, -0.2) is 24.9 Å². The lowest BCUT2D eigenvalue weighted by Crippen LogP contribution is -2.00. The van der Waals surface area contributed by atoms with E-state index in [1.165, 1.54) is 25.7 Å². The lowest BCUT2D eigenvalue weighted by atomic mass is 9.99. The van der Waals surface area contributed by atoms with Crippen molar-refractivity contribution in [3.05, 3.63) is 212 Å². The zero-order valence-electron chi connectivity index (χ0n) is 32.9. The number of hydrogen-bond acceptors (Lipinski definition) is 6. The third kappa shape index (κ3) is 7.16. The second-order valence-corrected chi connectivity index (χ2v) is 15.9. The van der Waals surface area contributed by atoms with Gasteiger partial charge in [0.25, 0.3) is 0 Å². The second-order valence-electron chi connectivity index (χ2n) is 14.9. The molecular formula is C55H35N5S. The molecule has 0 saturated heterocycles. The standard InChI is InChI=1S/C55H35N5S/c1-5-14-38(15-6-1)48-35-49(39-16-7-2-8-17-39)57-52(56-48)42-30-26-37(27-31-42)45-22-13-23-46-47-34-44(32-33-50(47)61-51(45)46)36-24-28-43(29-25-36)55-59-53(40-18-9-3-10-19-40)58-54(60-55)41-20-11-4-12-21-41/h1-35H. The third-order valence-electron chi connectivity index (χ3n) is 11.0. The van der Waals surface area contributed by atoms with Crippen molar-refractivity contribution in [3.63, 3.8) is 0 Å². The third-order valence-corrected chi connectivity index (χ3v) is 12.2. The van der Waals surface area contributed by atoms with Crippen molar-refractivity contribution in [2.75, 3.05) is 0 Å². The van der Waals surface area contributed by atoms with E-state index in [4.69, 9.17) is 24.9 Å². The lowest BCUT2D eigenvalue weighted by Gasteiger charge is -2.10. The number of hydrogen-bond donors (Lipinski definition) is 0. The Morgan fingerprint density at radius 1 is 0.262 bits per heavy atom. The van der Waals surface area contributed by atoms with Crippen LogP contribution in [0.1, 0.15) is 0 Å². The van der Waals surface area contributed by atoms with E-state index in [0.29, 0.717) is 23.3 Å². The molecule has 0 atom stereocenters. The molecule has 0 aliphatic rings. The van der Waals surface area contributed by atoms with E-state index in [9.17, 15) is 0 Å². The molecule has 0 saturated carbocycles. The van der Waals surface area contributed by atoms with Crippen LogP contribution in [0.15, 0.2) is 212 Å². The predicted molar refractivity (Wildman–Crippen MR) is 252 cm³/mol. The number of benzene rings is 8. The Morgan fingerprint density at radius 3 is 1.18 bits per heavy atom. The van der Waals surface area contributed by atoms with Gasteiger partial charge in [-0.15, -0.1) is 11.3 Å². The molecule has 0 N–H and O–H groups in total. The van der Waals surface area contributed by atoms with Crippen molar-refractivity contribution < 1.29 is 0 Å². The zero-order valence-corrected chi connectivity index (χ0v) is 33.7. The minimum atomic E-state index is 0.643. The maximum absolute atomic E-state index is 5.05. The van der Waals surface area contributed by atoms with E-state index >= 15 is 0 Å². The van der Waals surface area contributed by atoms with Gasteiger partial charge in [-0.3, -0.25) is 0 Å². The molecule has 286 valence electrons. The van der Waals surface area contributed by atoms with Gasteiger partial charge in [0.15, 0.2) is 23.3 Å². The van der Waals surface area contributed by atoms with Crippen LogP contribution in [-0.2, 0) is 0 Å². The van der Waals surface area contributed by atoms with E-state index < -0.39 is 0 Å². The van der Waals surface area contributed by atoms with Crippen molar-refractivity contribution in [1.29, 1.82) is 0 Å². The summed E-state index contributed by atoms with van der Waals surface area (Å²) in [5.41, 5.74) is 12.4. The normalized spacial score (nSPS) is 11.3. The Morgan fingerprint density at radius 2 is 0.672 bits per heavy atom. The number of fused-ring (bicyclic) bond motifs is 3. The summed E-state index contributed by atoms with van der Waals surface area (Å²) in [6, 6.07) is 73.5. The van der Waals surface area contributed by atoms with E-state index in [1.807, 2.05) is 108 Å². The maximum Gasteiger partial charge on any atom is 0.164 e. The van der Waals surface area contributed by atoms with Gasteiger partial charge in [-0.1, -0.05) is 194 Å². The maximum atomic E-state index is 5.05. The zero-order chi connectivity index (χ0) is 40.5. The molecule has 0 aliphatic carbocycles. The summed E-state index contributed by atoms with van der Waals surface area (Å²) in [7, 11) is 0. The van der Waals surface area contributed by atoms with Crippen molar-refractivity contribution in [1.82, 2.24) is 24.9 Å². The van der Waals surface area contributed by atoms with Gasteiger partial charge < -0.3 is 0 Å². The van der Waals surface area contributed by atoms with Crippen LogP contribution in [0.4, 0.5) is 0 Å². The first-order valence-corrected chi connectivity index (χ1v) is 21.1. The Hall–Kier alpha value is -7.93. The molecule has 3 aromatic heterocycles. The molecule has 11 rings (SSSR count). The largest absolute Gasteiger partial charge is 0.228 e. The highest BCUT2D eigenvalue weighted by molar-refractivity contribution is 7.26. The average Bonchev–Trinajstić information content (AvgIpc) is 3.73. The Bertz CT molecular complexity index is 3200. The fraction of sp³-hybridized carbons (Fsp3) is 0. The highest BCUT2D eigenvalue weighted by atomic mass is 32.1. The molecule has 0 spiro atoms. The molecule has 0 aliphatic heterocycles. The average molecular weight is 798 g/mol. The summed E-state index contributed by atoms with van der Waals surface area (Å²) in [4.78, 5) is 24.8. The smallest absolute Gasteiger partial charge is 0.164 e. The van der Waals surface area contributed by atoms with E-state index in [1.54, 1.807) is 0 Å². The molecule has 0 radical (unpaired) electrons. The first kappa shape index (κ1) is 36.2. The molecule has 6 heteroatoms. The first-order chi connectivity index (χ1) is 30.2. The molecule has 0 amide bonds. The predicted octanol–water partition coefficient (Wildman–Crippen LogP) is 14.4. The summed E-state index contributed by atoms with van der Waals surface area (Å²) in [6.07, 6.45) is 0. The van der Waals surface area contributed by atoms with Crippen LogP contribution in [0.3, 0.4) is 0 Å². The Labute approximate surface area is 357 Å². The molecule has 0 bridgehead atoms. The Kier molecular flexibility index (Phi) is 9.30.